The summed E-state index contributed by atoms with van der Waals surface area (Å²) in [5.41, 5.74) is 1.64. The van der Waals surface area contributed by atoms with E-state index in [2.05, 4.69) is 4.90 Å². The molecule has 1 spiro atoms. The summed E-state index contributed by atoms with van der Waals surface area (Å²) in [5.74, 6) is 1.93. The maximum Gasteiger partial charge on any atom is 0.226 e. The Kier molecular flexibility index (Phi) is 3.68. The summed E-state index contributed by atoms with van der Waals surface area (Å²) in [6.45, 7) is 4.97. The minimum absolute atomic E-state index is 0.125. The van der Waals surface area contributed by atoms with Crippen LogP contribution in [-0.2, 0) is 16.1 Å². The molecule has 2 aromatic rings. The maximum atomic E-state index is 12.3. The van der Waals surface area contributed by atoms with Gasteiger partial charge < -0.3 is 14.1 Å². The van der Waals surface area contributed by atoms with Crippen LogP contribution in [0.5, 0.6) is 0 Å². The number of hydrogen-bond acceptors (Lipinski definition) is 4. The van der Waals surface area contributed by atoms with Crippen molar-refractivity contribution in [1.29, 1.82) is 0 Å². The van der Waals surface area contributed by atoms with Crippen molar-refractivity contribution in [2.45, 2.75) is 38.1 Å². The van der Waals surface area contributed by atoms with Crippen LogP contribution in [0.4, 0.5) is 0 Å². The predicted molar refractivity (Wildman–Crippen MR) is 97.7 cm³/mol. The molecule has 3 saturated heterocycles. The van der Waals surface area contributed by atoms with Gasteiger partial charge in [0.2, 0.25) is 5.91 Å². The Morgan fingerprint density at radius 2 is 2.15 bits per heavy atom. The summed E-state index contributed by atoms with van der Waals surface area (Å²) in [4.78, 5) is 16.6. The van der Waals surface area contributed by atoms with E-state index in [-0.39, 0.29) is 11.9 Å². The minimum atomic E-state index is -0.392. The standard InChI is InChI=1S/C20H21ClN2O3/c1-13-2-3-14(10-16(13)21)17-5-4-15(26-17)12-22-7-6-20-18(22)11-19(24)23(20)8-9-25-20/h2-5,10,18H,6-9,11-12H2,1H3/t18-,20+/m1/s1. The van der Waals surface area contributed by atoms with E-state index < -0.39 is 5.72 Å². The Balaban J connectivity index is 1.36. The van der Waals surface area contributed by atoms with Crippen LogP contribution in [0.2, 0.25) is 5.02 Å². The summed E-state index contributed by atoms with van der Waals surface area (Å²) < 4.78 is 12.1. The van der Waals surface area contributed by atoms with E-state index in [4.69, 9.17) is 20.8 Å². The van der Waals surface area contributed by atoms with Crippen LogP contribution >= 0.6 is 11.6 Å². The molecule has 2 atom stereocenters. The zero-order chi connectivity index (χ0) is 17.9. The monoisotopic (exact) mass is 372 g/mol. The van der Waals surface area contributed by atoms with Gasteiger partial charge in [0, 0.05) is 36.5 Å². The number of carbonyl (C=O) groups is 1. The first kappa shape index (κ1) is 16.4. The topological polar surface area (TPSA) is 45.9 Å². The highest BCUT2D eigenvalue weighted by atomic mass is 35.5. The van der Waals surface area contributed by atoms with Crippen molar-refractivity contribution < 1.29 is 13.9 Å². The lowest BCUT2D eigenvalue weighted by molar-refractivity contribution is -0.136. The summed E-state index contributed by atoms with van der Waals surface area (Å²) in [7, 11) is 0. The zero-order valence-electron chi connectivity index (χ0n) is 14.7. The van der Waals surface area contributed by atoms with Gasteiger partial charge in [-0.1, -0.05) is 23.7 Å². The second kappa shape index (κ2) is 5.84. The van der Waals surface area contributed by atoms with E-state index in [0.29, 0.717) is 19.6 Å². The van der Waals surface area contributed by atoms with E-state index in [9.17, 15) is 4.79 Å². The summed E-state index contributed by atoms with van der Waals surface area (Å²) >= 11 is 6.23. The molecule has 0 unspecified atom stereocenters. The van der Waals surface area contributed by atoms with E-state index >= 15 is 0 Å². The van der Waals surface area contributed by atoms with Gasteiger partial charge in [-0.05, 0) is 30.7 Å². The number of furan rings is 1. The van der Waals surface area contributed by atoms with Crippen molar-refractivity contribution in [2.24, 2.45) is 0 Å². The minimum Gasteiger partial charge on any atom is -0.460 e. The van der Waals surface area contributed by atoms with Crippen molar-refractivity contribution in [3.63, 3.8) is 0 Å². The van der Waals surface area contributed by atoms with Crippen LogP contribution in [0.15, 0.2) is 34.7 Å². The zero-order valence-corrected chi connectivity index (χ0v) is 15.5. The fourth-order valence-corrected chi connectivity index (χ4v) is 4.81. The third kappa shape index (κ3) is 2.34. The number of nitrogens with zero attached hydrogens (tertiary/aromatic N) is 2. The average molecular weight is 373 g/mol. The van der Waals surface area contributed by atoms with Crippen molar-refractivity contribution >= 4 is 17.5 Å². The van der Waals surface area contributed by atoms with Gasteiger partial charge >= 0.3 is 0 Å². The summed E-state index contributed by atoms with van der Waals surface area (Å²) in [5, 5.41) is 0.741. The fourth-order valence-electron chi connectivity index (χ4n) is 4.63. The molecule has 1 aromatic carbocycles. The first-order chi connectivity index (χ1) is 12.6. The lowest BCUT2D eigenvalue weighted by Crippen LogP contribution is -2.47. The SMILES string of the molecule is Cc1ccc(-c2ccc(CN3CC[C@@]45OCCN4C(=O)C[C@@H]35)o2)cc1Cl. The first-order valence-corrected chi connectivity index (χ1v) is 9.48. The molecule has 3 aliphatic heterocycles. The quantitative estimate of drug-likeness (QED) is 0.828. The molecular formula is C20H21ClN2O3. The molecule has 5 nitrogen and oxygen atoms in total. The van der Waals surface area contributed by atoms with Crippen molar-refractivity contribution in [3.05, 3.63) is 46.7 Å². The second-order valence-electron chi connectivity index (χ2n) is 7.41. The van der Waals surface area contributed by atoms with Gasteiger partial charge in [0.25, 0.3) is 0 Å². The Hall–Kier alpha value is -1.82. The van der Waals surface area contributed by atoms with Gasteiger partial charge in [-0.25, -0.2) is 0 Å². The molecule has 0 bridgehead atoms. The number of carbonyl (C=O) groups excluding carboxylic acids is 1. The van der Waals surface area contributed by atoms with Gasteiger partial charge in [0.1, 0.15) is 11.5 Å². The van der Waals surface area contributed by atoms with E-state index in [1.807, 2.05) is 42.2 Å². The van der Waals surface area contributed by atoms with Crippen LogP contribution < -0.4 is 0 Å². The largest absolute Gasteiger partial charge is 0.460 e. The molecule has 1 aromatic heterocycles. The van der Waals surface area contributed by atoms with Crippen LogP contribution in [-0.4, -0.2) is 47.2 Å². The Morgan fingerprint density at radius 1 is 1.27 bits per heavy atom. The summed E-state index contributed by atoms with van der Waals surface area (Å²) in [6, 6.07) is 10.1. The van der Waals surface area contributed by atoms with Gasteiger partial charge in [-0.2, -0.15) is 0 Å². The second-order valence-corrected chi connectivity index (χ2v) is 7.82. The number of aryl methyl sites for hydroxylation is 1. The van der Waals surface area contributed by atoms with Crippen molar-refractivity contribution in [3.8, 4) is 11.3 Å². The average Bonchev–Trinajstić information content (AvgIpc) is 3.36. The van der Waals surface area contributed by atoms with Crippen LogP contribution in [0, 0.1) is 6.92 Å². The Labute approximate surface area is 157 Å². The van der Waals surface area contributed by atoms with Gasteiger partial charge in [0.05, 0.1) is 19.2 Å². The van der Waals surface area contributed by atoms with Gasteiger partial charge in [-0.3, -0.25) is 9.69 Å². The number of amides is 1. The number of rotatable bonds is 3. The molecule has 26 heavy (non-hydrogen) atoms. The fraction of sp³-hybridized carbons (Fsp3) is 0.450. The van der Waals surface area contributed by atoms with Gasteiger partial charge in [-0.15, -0.1) is 0 Å². The molecule has 0 aliphatic carbocycles. The molecule has 3 fully saturated rings. The number of ether oxygens (including phenoxy) is 1. The molecule has 136 valence electrons. The number of halogens is 1. The van der Waals surface area contributed by atoms with Crippen molar-refractivity contribution in [1.82, 2.24) is 9.80 Å². The van der Waals surface area contributed by atoms with E-state index in [1.54, 1.807) is 0 Å². The third-order valence-corrected chi connectivity index (χ3v) is 6.40. The molecule has 0 saturated carbocycles. The molecule has 3 aliphatic rings. The Morgan fingerprint density at radius 3 is 3.00 bits per heavy atom. The highest BCUT2D eigenvalue weighted by Gasteiger charge is 2.61. The molecule has 0 N–H and O–H groups in total. The smallest absolute Gasteiger partial charge is 0.226 e. The lowest BCUT2D eigenvalue weighted by atomic mass is 10.1. The van der Waals surface area contributed by atoms with Crippen molar-refractivity contribution in [2.75, 3.05) is 19.7 Å². The van der Waals surface area contributed by atoms with Gasteiger partial charge in [0.15, 0.2) is 5.72 Å². The molecule has 5 rings (SSSR count). The maximum absolute atomic E-state index is 12.3. The number of hydrogen-bond donors (Lipinski definition) is 0. The molecule has 1 amide bonds. The Bertz CT molecular complexity index is 880. The number of likely N-dealkylation sites (tertiary alicyclic amines) is 1. The highest BCUT2D eigenvalue weighted by molar-refractivity contribution is 6.31. The molecular weight excluding hydrogens is 352 g/mol. The lowest BCUT2D eigenvalue weighted by Gasteiger charge is -2.31. The van der Waals surface area contributed by atoms with Crippen LogP contribution in [0.25, 0.3) is 11.3 Å². The van der Waals surface area contributed by atoms with Crippen LogP contribution in [0.3, 0.4) is 0 Å². The normalized spacial score (nSPS) is 28.0. The highest BCUT2D eigenvalue weighted by Crippen LogP contribution is 2.46. The molecule has 4 heterocycles. The van der Waals surface area contributed by atoms with Crippen LogP contribution in [0.1, 0.15) is 24.2 Å². The molecule has 6 heteroatoms. The first-order valence-electron chi connectivity index (χ1n) is 9.10. The summed E-state index contributed by atoms with van der Waals surface area (Å²) in [6.07, 6.45) is 1.42. The van der Waals surface area contributed by atoms with E-state index in [1.165, 1.54) is 0 Å². The number of benzene rings is 1. The third-order valence-electron chi connectivity index (χ3n) is 5.99. The predicted octanol–water partition coefficient (Wildman–Crippen LogP) is 3.44. The van der Waals surface area contributed by atoms with E-state index in [0.717, 1.165) is 47.2 Å². The molecule has 0 radical (unpaired) electrons.